The summed E-state index contributed by atoms with van der Waals surface area (Å²) in [5.74, 6) is 0.0710. The lowest BCUT2D eigenvalue weighted by Gasteiger charge is -2.38. The van der Waals surface area contributed by atoms with Crippen LogP contribution in [0, 0.1) is 0 Å². The second kappa shape index (κ2) is 4.28. The van der Waals surface area contributed by atoms with E-state index >= 15 is 0 Å². The molecule has 0 radical (unpaired) electrons. The topological polar surface area (TPSA) is 55.8 Å². The molecule has 0 aromatic heterocycles. The summed E-state index contributed by atoms with van der Waals surface area (Å²) in [7, 11) is 0. The third kappa shape index (κ3) is 1.77. The average molecular weight is 248 g/mol. The first-order chi connectivity index (χ1) is 8.71. The smallest absolute Gasteiger partial charge is 0.314 e. The molecule has 1 aliphatic carbocycles. The molecule has 0 unspecified atom stereocenters. The summed E-state index contributed by atoms with van der Waals surface area (Å²) in [6.07, 6.45) is 2.61. The van der Waals surface area contributed by atoms with Gasteiger partial charge in [0.25, 0.3) is 0 Å². The van der Waals surface area contributed by atoms with Crippen molar-refractivity contribution < 1.29 is 19.4 Å². The van der Waals surface area contributed by atoms with Crippen LogP contribution in [0.1, 0.15) is 24.8 Å². The van der Waals surface area contributed by atoms with Crippen LogP contribution in [0.2, 0.25) is 0 Å². The molecule has 1 aromatic carbocycles. The molecule has 0 bridgehead atoms. The molecule has 4 heteroatoms. The van der Waals surface area contributed by atoms with Gasteiger partial charge in [0.05, 0.1) is 18.6 Å². The lowest BCUT2D eigenvalue weighted by Crippen LogP contribution is -2.42. The van der Waals surface area contributed by atoms with Gasteiger partial charge in [-0.1, -0.05) is 18.6 Å². The van der Waals surface area contributed by atoms with E-state index < -0.39 is 11.4 Å². The SMILES string of the molecule is O=C(O)C1(c2ccc(OC3COC3)cc2)CCC1. The van der Waals surface area contributed by atoms with Gasteiger partial charge in [0.2, 0.25) is 0 Å². The Morgan fingerprint density at radius 1 is 1.28 bits per heavy atom. The zero-order valence-corrected chi connectivity index (χ0v) is 10.1. The highest BCUT2D eigenvalue weighted by atomic mass is 16.6. The molecule has 1 saturated carbocycles. The van der Waals surface area contributed by atoms with Gasteiger partial charge >= 0.3 is 5.97 Å². The number of hydrogen-bond acceptors (Lipinski definition) is 3. The minimum absolute atomic E-state index is 0.146. The number of carboxylic acid groups (broad SMARTS) is 1. The molecule has 96 valence electrons. The Hall–Kier alpha value is -1.55. The fourth-order valence-corrected chi connectivity index (χ4v) is 2.48. The Morgan fingerprint density at radius 3 is 2.33 bits per heavy atom. The predicted octanol–water partition coefficient (Wildman–Crippen LogP) is 1.97. The van der Waals surface area contributed by atoms with Crippen LogP contribution in [0.25, 0.3) is 0 Å². The van der Waals surface area contributed by atoms with E-state index in [1.807, 2.05) is 24.3 Å². The quantitative estimate of drug-likeness (QED) is 0.885. The van der Waals surface area contributed by atoms with Gasteiger partial charge in [-0.2, -0.15) is 0 Å². The molecule has 1 heterocycles. The zero-order valence-electron chi connectivity index (χ0n) is 10.1. The Balaban J connectivity index is 1.75. The van der Waals surface area contributed by atoms with Crippen LogP contribution in [0.4, 0.5) is 0 Å². The fourth-order valence-electron chi connectivity index (χ4n) is 2.48. The van der Waals surface area contributed by atoms with E-state index in [1.165, 1.54) is 0 Å². The largest absolute Gasteiger partial charge is 0.486 e. The van der Waals surface area contributed by atoms with Crippen LogP contribution in [0.15, 0.2) is 24.3 Å². The number of benzene rings is 1. The Bertz CT molecular complexity index is 443. The standard InChI is InChI=1S/C14H16O4/c15-13(16)14(6-1-7-14)10-2-4-11(5-3-10)18-12-8-17-9-12/h2-5,12H,1,6-9H2,(H,15,16). The molecule has 18 heavy (non-hydrogen) atoms. The molecule has 3 rings (SSSR count). The van der Waals surface area contributed by atoms with Gasteiger partial charge in [0.15, 0.2) is 0 Å². The highest BCUT2D eigenvalue weighted by molar-refractivity contribution is 5.82. The summed E-state index contributed by atoms with van der Waals surface area (Å²) in [6.45, 7) is 1.28. The van der Waals surface area contributed by atoms with Crippen molar-refractivity contribution in [1.29, 1.82) is 0 Å². The lowest BCUT2D eigenvalue weighted by molar-refractivity contribution is -0.147. The van der Waals surface area contributed by atoms with Crippen molar-refractivity contribution in [3.8, 4) is 5.75 Å². The van der Waals surface area contributed by atoms with Crippen LogP contribution in [-0.4, -0.2) is 30.4 Å². The first-order valence-corrected chi connectivity index (χ1v) is 6.29. The summed E-state index contributed by atoms with van der Waals surface area (Å²) < 4.78 is 10.7. The number of ether oxygens (including phenoxy) is 2. The van der Waals surface area contributed by atoms with Crippen molar-refractivity contribution in [3.05, 3.63) is 29.8 Å². The van der Waals surface area contributed by atoms with Crippen LogP contribution in [-0.2, 0) is 14.9 Å². The maximum atomic E-state index is 11.4. The first-order valence-electron chi connectivity index (χ1n) is 6.29. The van der Waals surface area contributed by atoms with E-state index in [2.05, 4.69) is 0 Å². The van der Waals surface area contributed by atoms with E-state index in [0.29, 0.717) is 13.2 Å². The summed E-state index contributed by atoms with van der Waals surface area (Å²) in [5, 5.41) is 9.35. The molecule has 0 spiro atoms. The maximum Gasteiger partial charge on any atom is 0.314 e. The fraction of sp³-hybridized carbons (Fsp3) is 0.500. The van der Waals surface area contributed by atoms with Gasteiger partial charge in [-0.25, -0.2) is 0 Å². The third-order valence-electron chi connectivity index (χ3n) is 3.93. The third-order valence-corrected chi connectivity index (χ3v) is 3.93. The molecule has 2 aliphatic rings. The van der Waals surface area contributed by atoms with Crippen molar-refractivity contribution in [2.75, 3.05) is 13.2 Å². The zero-order chi connectivity index (χ0) is 12.6. The number of aliphatic carboxylic acids is 1. The van der Waals surface area contributed by atoms with E-state index in [-0.39, 0.29) is 6.10 Å². The van der Waals surface area contributed by atoms with Gasteiger partial charge in [-0.05, 0) is 30.5 Å². The minimum Gasteiger partial charge on any atom is -0.486 e. The molecule has 0 amide bonds. The molecule has 0 atom stereocenters. The molecule has 2 fully saturated rings. The summed E-state index contributed by atoms with van der Waals surface area (Å²) in [5.41, 5.74) is 0.233. The molecular formula is C14H16O4. The molecule has 1 aromatic rings. The minimum atomic E-state index is -0.713. The highest BCUT2D eigenvalue weighted by Crippen LogP contribution is 2.44. The van der Waals surface area contributed by atoms with Crippen LogP contribution < -0.4 is 4.74 Å². The lowest BCUT2D eigenvalue weighted by atomic mass is 9.64. The van der Waals surface area contributed by atoms with E-state index in [9.17, 15) is 9.90 Å². The number of hydrogen-bond donors (Lipinski definition) is 1. The molecule has 1 aliphatic heterocycles. The number of carbonyl (C=O) groups is 1. The summed E-state index contributed by atoms with van der Waals surface area (Å²) in [6, 6.07) is 7.47. The number of carboxylic acids is 1. The van der Waals surface area contributed by atoms with Gasteiger partial charge in [-0.3, -0.25) is 4.79 Å². The monoisotopic (exact) mass is 248 g/mol. The molecule has 4 nitrogen and oxygen atoms in total. The van der Waals surface area contributed by atoms with Crippen molar-refractivity contribution in [2.45, 2.75) is 30.8 Å². The van der Waals surface area contributed by atoms with E-state index in [4.69, 9.17) is 9.47 Å². The second-order valence-corrected chi connectivity index (χ2v) is 5.04. The van der Waals surface area contributed by atoms with Crippen molar-refractivity contribution >= 4 is 5.97 Å². The summed E-state index contributed by atoms with van der Waals surface area (Å²) >= 11 is 0. The Morgan fingerprint density at radius 2 is 1.94 bits per heavy atom. The Labute approximate surface area is 106 Å². The van der Waals surface area contributed by atoms with Gasteiger partial charge < -0.3 is 14.6 Å². The Kier molecular flexibility index (Phi) is 2.74. The second-order valence-electron chi connectivity index (χ2n) is 5.04. The van der Waals surface area contributed by atoms with Crippen molar-refractivity contribution in [1.82, 2.24) is 0 Å². The van der Waals surface area contributed by atoms with Crippen LogP contribution in [0.3, 0.4) is 0 Å². The highest BCUT2D eigenvalue weighted by Gasteiger charge is 2.45. The van der Waals surface area contributed by atoms with Crippen molar-refractivity contribution in [3.63, 3.8) is 0 Å². The van der Waals surface area contributed by atoms with Crippen LogP contribution >= 0.6 is 0 Å². The van der Waals surface area contributed by atoms with E-state index in [0.717, 1.165) is 30.6 Å². The van der Waals surface area contributed by atoms with E-state index in [1.54, 1.807) is 0 Å². The normalized spacial score (nSPS) is 21.8. The molecule has 1 N–H and O–H groups in total. The predicted molar refractivity (Wildman–Crippen MR) is 64.8 cm³/mol. The maximum absolute atomic E-state index is 11.4. The average Bonchev–Trinajstić information content (AvgIpc) is 2.23. The van der Waals surface area contributed by atoms with Gasteiger partial charge in [0, 0.05) is 0 Å². The molecule has 1 saturated heterocycles. The molecular weight excluding hydrogens is 232 g/mol. The van der Waals surface area contributed by atoms with Gasteiger partial charge in [0.1, 0.15) is 11.9 Å². The van der Waals surface area contributed by atoms with Crippen molar-refractivity contribution in [2.24, 2.45) is 0 Å². The van der Waals surface area contributed by atoms with Crippen LogP contribution in [0.5, 0.6) is 5.75 Å². The van der Waals surface area contributed by atoms with Gasteiger partial charge in [-0.15, -0.1) is 0 Å². The number of rotatable bonds is 4. The summed E-state index contributed by atoms with van der Waals surface area (Å²) in [4.78, 5) is 11.4. The first kappa shape index (κ1) is 11.5.